The molecule has 0 saturated carbocycles. The first kappa shape index (κ1) is 22.5. The maximum absolute atomic E-state index is 14.8. The molecule has 0 amide bonds. The molecule has 172 valence electrons. The van der Waals surface area contributed by atoms with Crippen molar-refractivity contribution < 1.29 is 18.8 Å². The number of hydrogen-bond acceptors (Lipinski definition) is 4. The summed E-state index contributed by atoms with van der Waals surface area (Å²) in [6.07, 6.45) is 1.41. The first-order valence-electron chi connectivity index (χ1n) is 11.0. The number of piperidine rings is 1. The highest BCUT2D eigenvalue weighted by Gasteiger charge is 2.26. The fourth-order valence-corrected chi connectivity index (χ4v) is 4.07. The van der Waals surface area contributed by atoms with Gasteiger partial charge in [-0.2, -0.15) is 0 Å². The molecule has 3 aromatic rings. The van der Waals surface area contributed by atoms with Crippen LogP contribution in [0.1, 0.15) is 42.7 Å². The number of carboxylic acids is 1. The van der Waals surface area contributed by atoms with Gasteiger partial charge in [-0.1, -0.05) is 54.5 Å². The van der Waals surface area contributed by atoms with Crippen LogP contribution in [-0.4, -0.2) is 40.2 Å². The van der Waals surface area contributed by atoms with Crippen molar-refractivity contribution in [2.75, 3.05) is 13.1 Å². The van der Waals surface area contributed by atoms with Gasteiger partial charge in [0.2, 0.25) is 0 Å². The highest BCUT2D eigenvalue weighted by Crippen LogP contribution is 2.30. The molecule has 3 N–H and O–H groups in total. The Morgan fingerprint density at radius 3 is 2.82 bits per heavy atom. The number of benzene rings is 2. The molecular weight excluding hydrogens is 423 g/mol. The van der Waals surface area contributed by atoms with Crippen molar-refractivity contribution in [1.29, 1.82) is 0 Å². The standard InChI is InChI=1S/C25H27FN4O3/c1-16(18-9-10-21(22(26)12-18)17-6-3-2-4-7-17)23-13-20(29-33-23)14-28-25(27)30-11-5-8-19(15-30)24(31)32/h2-4,6-7,9-10,12-13,16,19H,5,8,11,14-15H2,1H3,(H2,27,28)(H,31,32). The molecule has 0 bridgehead atoms. The van der Waals surface area contributed by atoms with E-state index in [-0.39, 0.29) is 18.3 Å². The van der Waals surface area contributed by atoms with E-state index in [1.807, 2.05) is 43.3 Å². The Hall–Kier alpha value is -3.68. The molecule has 2 unspecified atom stereocenters. The molecule has 33 heavy (non-hydrogen) atoms. The van der Waals surface area contributed by atoms with Crippen LogP contribution < -0.4 is 5.73 Å². The van der Waals surface area contributed by atoms with Gasteiger partial charge in [-0.05, 0) is 30.0 Å². The van der Waals surface area contributed by atoms with Gasteiger partial charge in [0.25, 0.3) is 0 Å². The van der Waals surface area contributed by atoms with Crippen molar-refractivity contribution >= 4 is 11.9 Å². The van der Waals surface area contributed by atoms with Gasteiger partial charge >= 0.3 is 5.97 Å². The van der Waals surface area contributed by atoms with Crippen LogP contribution in [0.5, 0.6) is 0 Å². The van der Waals surface area contributed by atoms with E-state index in [2.05, 4.69) is 10.1 Å². The van der Waals surface area contributed by atoms with Crippen molar-refractivity contribution in [3.05, 3.63) is 77.4 Å². The van der Waals surface area contributed by atoms with Gasteiger partial charge < -0.3 is 20.3 Å². The number of carboxylic acid groups (broad SMARTS) is 1. The zero-order valence-electron chi connectivity index (χ0n) is 18.4. The Balaban J connectivity index is 1.42. The van der Waals surface area contributed by atoms with Crippen LogP contribution in [0.2, 0.25) is 0 Å². The Morgan fingerprint density at radius 1 is 1.30 bits per heavy atom. The van der Waals surface area contributed by atoms with E-state index in [0.717, 1.165) is 17.5 Å². The van der Waals surface area contributed by atoms with E-state index in [0.29, 0.717) is 42.5 Å². The first-order valence-corrected chi connectivity index (χ1v) is 11.0. The van der Waals surface area contributed by atoms with E-state index in [9.17, 15) is 14.3 Å². The molecule has 1 aliphatic heterocycles. The summed E-state index contributed by atoms with van der Waals surface area (Å²) >= 11 is 0. The predicted octanol–water partition coefficient (Wildman–Crippen LogP) is 4.24. The number of aromatic nitrogens is 1. The fraction of sp³-hybridized carbons (Fsp3) is 0.320. The molecule has 1 fully saturated rings. The van der Waals surface area contributed by atoms with Crippen LogP contribution in [0, 0.1) is 11.7 Å². The van der Waals surface area contributed by atoms with E-state index in [1.165, 1.54) is 6.07 Å². The van der Waals surface area contributed by atoms with Crippen molar-refractivity contribution in [3.63, 3.8) is 0 Å². The van der Waals surface area contributed by atoms with Crippen LogP contribution in [0.4, 0.5) is 4.39 Å². The average molecular weight is 451 g/mol. The number of guanidine groups is 1. The molecular formula is C25H27FN4O3. The highest BCUT2D eigenvalue weighted by molar-refractivity contribution is 5.79. The summed E-state index contributed by atoms with van der Waals surface area (Å²) in [6, 6.07) is 16.4. The molecule has 0 spiro atoms. The largest absolute Gasteiger partial charge is 0.481 e. The molecule has 4 rings (SSSR count). The zero-order chi connectivity index (χ0) is 23.4. The second-order valence-corrected chi connectivity index (χ2v) is 8.35. The smallest absolute Gasteiger partial charge is 0.308 e. The van der Waals surface area contributed by atoms with Crippen LogP contribution in [0.3, 0.4) is 0 Å². The van der Waals surface area contributed by atoms with Crippen molar-refractivity contribution in [2.24, 2.45) is 16.6 Å². The quantitative estimate of drug-likeness (QED) is 0.430. The minimum atomic E-state index is -0.809. The summed E-state index contributed by atoms with van der Waals surface area (Å²) in [5, 5.41) is 13.3. The normalized spacial score (nSPS) is 17.7. The van der Waals surface area contributed by atoms with Crippen molar-refractivity contribution in [1.82, 2.24) is 10.1 Å². The van der Waals surface area contributed by atoms with Crippen LogP contribution in [0.15, 0.2) is 64.1 Å². The van der Waals surface area contributed by atoms with Gasteiger partial charge in [-0.3, -0.25) is 4.79 Å². The number of halogens is 1. The second kappa shape index (κ2) is 9.85. The third-order valence-corrected chi connectivity index (χ3v) is 6.08. The monoisotopic (exact) mass is 450 g/mol. The average Bonchev–Trinajstić information content (AvgIpc) is 3.31. The summed E-state index contributed by atoms with van der Waals surface area (Å²) in [5.74, 6) is -0.808. The topological polar surface area (TPSA) is 105 Å². The molecule has 7 nitrogen and oxygen atoms in total. The maximum Gasteiger partial charge on any atom is 0.308 e. The van der Waals surface area contributed by atoms with Gasteiger partial charge in [-0.15, -0.1) is 0 Å². The van der Waals surface area contributed by atoms with Gasteiger partial charge in [0, 0.05) is 30.6 Å². The van der Waals surface area contributed by atoms with Gasteiger partial charge in [0.1, 0.15) is 17.3 Å². The van der Waals surface area contributed by atoms with Gasteiger partial charge in [0.05, 0.1) is 12.5 Å². The molecule has 0 radical (unpaired) electrons. The summed E-state index contributed by atoms with van der Waals surface area (Å²) in [6.45, 7) is 3.19. The molecule has 2 atom stereocenters. The number of likely N-dealkylation sites (tertiary alicyclic amines) is 1. The number of aliphatic imine (C=N–C) groups is 1. The number of carbonyl (C=O) groups is 1. The third-order valence-electron chi connectivity index (χ3n) is 6.08. The van der Waals surface area contributed by atoms with E-state index < -0.39 is 11.9 Å². The highest BCUT2D eigenvalue weighted by atomic mass is 19.1. The molecule has 0 aliphatic carbocycles. The van der Waals surface area contributed by atoms with E-state index >= 15 is 0 Å². The van der Waals surface area contributed by atoms with Crippen LogP contribution >= 0.6 is 0 Å². The lowest BCUT2D eigenvalue weighted by Crippen LogP contribution is -2.45. The Labute approximate surface area is 191 Å². The first-order chi connectivity index (χ1) is 15.9. The Bertz CT molecular complexity index is 1150. The molecule has 2 heterocycles. The number of aliphatic carboxylic acids is 1. The molecule has 1 aromatic heterocycles. The predicted molar refractivity (Wildman–Crippen MR) is 123 cm³/mol. The number of hydrogen-bond donors (Lipinski definition) is 2. The molecule has 8 heteroatoms. The molecule has 2 aromatic carbocycles. The minimum absolute atomic E-state index is 0.190. The van der Waals surface area contributed by atoms with E-state index in [4.69, 9.17) is 10.3 Å². The fourth-order valence-electron chi connectivity index (χ4n) is 4.07. The minimum Gasteiger partial charge on any atom is -0.481 e. The summed E-state index contributed by atoms with van der Waals surface area (Å²) in [4.78, 5) is 17.4. The third kappa shape index (κ3) is 5.22. The summed E-state index contributed by atoms with van der Waals surface area (Å²) in [7, 11) is 0. The van der Waals surface area contributed by atoms with Crippen molar-refractivity contribution in [3.8, 4) is 11.1 Å². The lowest BCUT2D eigenvalue weighted by Gasteiger charge is -2.31. The Kier molecular flexibility index (Phi) is 6.72. The maximum atomic E-state index is 14.8. The second-order valence-electron chi connectivity index (χ2n) is 8.35. The number of rotatable bonds is 6. The van der Waals surface area contributed by atoms with Crippen LogP contribution in [0.25, 0.3) is 11.1 Å². The summed E-state index contributed by atoms with van der Waals surface area (Å²) in [5.41, 5.74) is 8.85. The Morgan fingerprint density at radius 2 is 2.09 bits per heavy atom. The number of nitrogens with two attached hydrogens (primary N) is 1. The van der Waals surface area contributed by atoms with Gasteiger partial charge in [-0.25, -0.2) is 9.38 Å². The lowest BCUT2D eigenvalue weighted by atomic mass is 9.95. The van der Waals surface area contributed by atoms with Crippen molar-refractivity contribution in [2.45, 2.75) is 32.2 Å². The molecule has 1 aliphatic rings. The summed E-state index contributed by atoms with van der Waals surface area (Å²) < 4.78 is 20.2. The molecule has 1 saturated heterocycles. The lowest BCUT2D eigenvalue weighted by molar-refractivity contribution is -0.143. The van der Waals surface area contributed by atoms with Gasteiger partial charge in [0.15, 0.2) is 5.96 Å². The zero-order valence-corrected chi connectivity index (χ0v) is 18.4. The number of nitrogens with zero attached hydrogens (tertiary/aromatic N) is 3. The SMILES string of the molecule is CC(c1ccc(-c2ccccc2)c(F)c1)c1cc(C/N=C(\N)N2CCCC(C(=O)O)C2)no1. The van der Waals surface area contributed by atoms with E-state index in [1.54, 1.807) is 17.0 Å². The van der Waals surface area contributed by atoms with Crippen LogP contribution in [-0.2, 0) is 11.3 Å².